The van der Waals surface area contributed by atoms with Gasteiger partial charge < -0.3 is 4.74 Å². The molecule has 1 fully saturated rings. The molecule has 3 aromatic rings. The Kier molecular flexibility index (Phi) is 8.24. The van der Waals surface area contributed by atoms with Crippen molar-refractivity contribution in [1.29, 1.82) is 0 Å². The van der Waals surface area contributed by atoms with E-state index in [1.54, 1.807) is 18.2 Å². The minimum atomic E-state index is -0.295. The fourth-order valence-corrected chi connectivity index (χ4v) is 5.78. The highest BCUT2D eigenvalue weighted by atomic mass is 79.9. The molecule has 0 unspecified atom stereocenters. The molecule has 1 heterocycles. The van der Waals surface area contributed by atoms with E-state index < -0.39 is 0 Å². The Morgan fingerprint density at radius 1 is 0.941 bits per heavy atom. The molecule has 4 rings (SSSR count). The van der Waals surface area contributed by atoms with E-state index in [1.165, 1.54) is 22.6 Å². The summed E-state index contributed by atoms with van der Waals surface area (Å²) in [6, 6.07) is 19.8. The molecule has 0 spiro atoms. The van der Waals surface area contributed by atoms with Gasteiger partial charge in [0.1, 0.15) is 18.2 Å². The quantitative estimate of drug-likeness (QED) is 0.248. The van der Waals surface area contributed by atoms with E-state index in [2.05, 4.69) is 31.9 Å². The normalized spacial score (nSPS) is 14.8. The Hall–Kier alpha value is -2.42. The molecule has 0 aliphatic carbocycles. The highest BCUT2D eigenvalue weighted by molar-refractivity contribution is 9.11. The standard InChI is InChI=1S/C26H20Br2FNO3S/c27-21-13-19(14-22(28)24(21)33-16-18-8-10-20(29)11-9-18)15-23-25(31)30(26(32)34-23)12-4-7-17-5-2-1-3-6-17/h1-3,5-6,8-11,13-15H,4,7,12,16H2/b23-15+. The largest absolute Gasteiger partial charge is 0.487 e. The van der Waals surface area contributed by atoms with E-state index in [4.69, 9.17) is 4.74 Å². The van der Waals surface area contributed by atoms with Gasteiger partial charge in [-0.15, -0.1) is 0 Å². The van der Waals surface area contributed by atoms with Crippen molar-refractivity contribution in [2.24, 2.45) is 0 Å². The topological polar surface area (TPSA) is 46.6 Å². The van der Waals surface area contributed by atoms with Crippen molar-refractivity contribution in [3.05, 3.63) is 103 Å². The predicted octanol–water partition coefficient (Wildman–Crippen LogP) is 7.60. The van der Waals surface area contributed by atoms with Crippen LogP contribution >= 0.6 is 43.6 Å². The van der Waals surface area contributed by atoms with Crippen LogP contribution in [0.3, 0.4) is 0 Å². The first-order valence-corrected chi connectivity index (χ1v) is 13.0. The molecule has 1 saturated heterocycles. The third-order valence-corrected chi connectivity index (χ3v) is 7.26. The van der Waals surface area contributed by atoms with Crippen LogP contribution in [0, 0.1) is 5.82 Å². The first-order valence-electron chi connectivity index (χ1n) is 10.6. The number of benzene rings is 3. The summed E-state index contributed by atoms with van der Waals surface area (Å²) in [5.74, 6) is 0.0264. The van der Waals surface area contributed by atoms with Crippen LogP contribution in [0.1, 0.15) is 23.1 Å². The summed E-state index contributed by atoms with van der Waals surface area (Å²) in [4.78, 5) is 26.9. The molecule has 1 aliphatic rings. The number of ether oxygens (including phenoxy) is 1. The first-order chi connectivity index (χ1) is 16.4. The van der Waals surface area contributed by atoms with E-state index in [-0.39, 0.29) is 23.6 Å². The lowest BCUT2D eigenvalue weighted by atomic mass is 10.1. The molecule has 8 heteroatoms. The van der Waals surface area contributed by atoms with Crippen molar-refractivity contribution < 1.29 is 18.7 Å². The molecule has 2 amide bonds. The fourth-order valence-electron chi connectivity index (χ4n) is 3.47. The molecule has 0 aromatic heterocycles. The number of rotatable bonds is 8. The number of nitrogens with zero attached hydrogens (tertiary/aromatic N) is 1. The molecule has 0 radical (unpaired) electrons. The Labute approximate surface area is 218 Å². The van der Waals surface area contributed by atoms with Crippen LogP contribution in [0.15, 0.2) is 80.6 Å². The van der Waals surface area contributed by atoms with Gasteiger partial charge in [-0.1, -0.05) is 42.5 Å². The molecule has 0 saturated carbocycles. The number of hydrogen-bond donors (Lipinski definition) is 0. The second-order valence-corrected chi connectivity index (χ2v) is 10.4. The SMILES string of the molecule is O=C1S/C(=C/c2cc(Br)c(OCc3ccc(F)cc3)c(Br)c2)C(=O)N1CCCc1ccccc1. The van der Waals surface area contributed by atoms with Crippen molar-refractivity contribution >= 4 is 60.8 Å². The van der Waals surface area contributed by atoms with Gasteiger partial charge in [0.2, 0.25) is 0 Å². The molecule has 174 valence electrons. The highest BCUT2D eigenvalue weighted by Crippen LogP contribution is 2.38. The van der Waals surface area contributed by atoms with Crippen LogP contribution in [-0.4, -0.2) is 22.6 Å². The van der Waals surface area contributed by atoms with Gasteiger partial charge in [0.15, 0.2) is 0 Å². The van der Waals surface area contributed by atoms with E-state index in [0.29, 0.717) is 32.6 Å². The second kappa shape index (κ2) is 11.3. The van der Waals surface area contributed by atoms with Crippen molar-refractivity contribution in [2.45, 2.75) is 19.4 Å². The summed E-state index contributed by atoms with van der Waals surface area (Å²) in [6.45, 7) is 0.666. The van der Waals surface area contributed by atoms with Crippen LogP contribution in [0.25, 0.3) is 6.08 Å². The number of carbonyl (C=O) groups excluding carboxylic acids is 2. The second-order valence-electron chi connectivity index (χ2n) is 7.65. The van der Waals surface area contributed by atoms with Gasteiger partial charge in [0.05, 0.1) is 13.9 Å². The zero-order valence-corrected chi connectivity index (χ0v) is 22.0. The lowest BCUT2D eigenvalue weighted by molar-refractivity contribution is -0.122. The first kappa shape index (κ1) is 24.7. The summed E-state index contributed by atoms with van der Waals surface area (Å²) in [5, 5.41) is -0.248. The number of amides is 2. The Bertz CT molecular complexity index is 1210. The van der Waals surface area contributed by atoms with Crippen molar-refractivity contribution in [2.75, 3.05) is 6.54 Å². The maximum absolute atomic E-state index is 13.1. The summed E-state index contributed by atoms with van der Waals surface area (Å²) in [7, 11) is 0. The van der Waals surface area contributed by atoms with Crippen LogP contribution < -0.4 is 4.74 Å². The van der Waals surface area contributed by atoms with Gasteiger partial charge >= 0.3 is 0 Å². The maximum Gasteiger partial charge on any atom is 0.293 e. The molecule has 0 N–H and O–H groups in total. The Morgan fingerprint density at radius 3 is 2.29 bits per heavy atom. The minimum absolute atomic E-state index is 0.248. The van der Waals surface area contributed by atoms with Gasteiger partial charge in [0.25, 0.3) is 11.1 Å². The van der Waals surface area contributed by atoms with Crippen molar-refractivity contribution in [1.82, 2.24) is 4.90 Å². The molecular weight excluding hydrogens is 585 g/mol. The van der Waals surface area contributed by atoms with Crippen LogP contribution in [0.4, 0.5) is 9.18 Å². The molecule has 0 bridgehead atoms. The van der Waals surface area contributed by atoms with Gasteiger partial charge in [-0.25, -0.2) is 4.39 Å². The minimum Gasteiger partial charge on any atom is -0.487 e. The Balaban J connectivity index is 1.41. The number of imide groups is 1. The lowest BCUT2D eigenvalue weighted by Gasteiger charge is -2.12. The summed E-state index contributed by atoms with van der Waals surface area (Å²) >= 11 is 7.98. The number of thioether (sulfide) groups is 1. The van der Waals surface area contributed by atoms with E-state index in [1.807, 2.05) is 42.5 Å². The van der Waals surface area contributed by atoms with E-state index in [9.17, 15) is 14.0 Å². The van der Waals surface area contributed by atoms with Crippen molar-refractivity contribution in [3.8, 4) is 5.75 Å². The molecule has 3 aromatic carbocycles. The van der Waals surface area contributed by atoms with Gasteiger partial charge in [-0.3, -0.25) is 14.5 Å². The summed E-state index contributed by atoms with van der Waals surface area (Å²) in [6.07, 6.45) is 3.23. The average molecular weight is 605 g/mol. The van der Waals surface area contributed by atoms with Gasteiger partial charge in [-0.05, 0) is 103 Å². The van der Waals surface area contributed by atoms with Crippen LogP contribution in [0.2, 0.25) is 0 Å². The Morgan fingerprint density at radius 2 is 1.62 bits per heavy atom. The number of aryl methyl sites for hydroxylation is 1. The smallest absolute Gasteiger partial charge is 0.293 e. The molecule has 1 aliphatic heterocycles. The number of hydrogen-bond acceptors (Lipinski definition) is 4. The zero-order chi connectivity index (χ0) is 24.1. The number of halogens is 3. The lowest BCUT2D eigenvalue weighted by Crippen LogP contribution is -2.29. The average Bonchev–Trinajstić information content (AvgIpc) is 3.07. The highest BCUT2D eigenvalue weighted by Gasteiger charge is 2.34. The summed E-state index contributed by atoms with van der Waals surface area (Å²) < 4.78 is 20.4. The maximum atomic E-state index is 13.1. The van der Waals surface area contributed by atoms with Crippen LogP contribution in [0.5, 0.6) is 5.75 Å². The molecular formula is C26H20Br2FNO3S. The molecule has 34 heavy (non-hydrogen) atoms. The molecule has 0 atom stereocenters. The van der Waals surface area contributed by atoms with Crippen LogP contribution in [-0.2, 0) is 17.8 Å². The monoisotopic (exact) mass is 603 g/mol. The molecule has 4 nitrogen and oxygen atoms in total. The third kappa shape index (κ3) is 6.17. The van der Waals surface area contributed by atoms with E-state index >= 15 is 0 Å². The zero-order valence-electron chi connectivity index (χ0n) is 18.0. The predicted molar refractivity (Wildman–Crippen MR) is 140 cm³/mol. The van der Waals surface area contributed by atoms with Crippen molar-refractivity contribution in [3.63, 3.8) is 0 Å². The third-order valence-electron chi connectivity index (χ3n) is 5.18. The van der Waals surface area contributed by atoms with Gasteiger partial charge in [-0.2, -0.15) is 0 Å². The van der Waals surface area contributed by atoms with Gasteiger partial charge in [0, 0.05) is 6.54 Å². The fraction of sp³-hybridized carbons (Fsp3) is 0.154. The van der Waals surface area contributed by atoms with E-state index in [0.717, 1.165) is 29.3 Å². The summed E-state index contributed by atoms with van der Waals surface area (Å²) in [5.41, 5.74) is 2.77. The number of carbonyl (C=O) groups is 2.